The van der Waals surface area contributed by atoms with E-state index in [9.17, 15) is 0 Å². The maximum absolute atomic E-state index is 2.48. The summed E-state index contributed by atoms with van der Waals surface area (Å²) in [7, 11) is 0. The largest absolute Gasteiger partial charge is 0.310 e. The van der Waals surface area contributed by atoms with Crippen LogP contribution in [0.25, 0.3) is 88.8 Å². The number of allylic oxidation sites excluding steroid dienone is 1. The molecule has 0 bridgehead atoms. The molecule has 1 aliphatic heterocycles. The topological polar surface area (TPSA) is 9.86 Å². The summed E-state index contributed by atoms with van der Waals surface area (Å²) in [5, 5.41) is 6.65. The molecule has 0 atom stereocenters. The number of aromatic nitrogens is 2. The van der Waals surface area contributed by atoms with Crippen molar-refractivity contribution in [3.63, 3.8) is 0 Å². The molecule has 2 aliphatic rings. The van der Waals surface area contributed by atoms with E-state index in [1.54, 1.807) is 0 Å². The zero-order valence-corrected chi connectivity index (χ0v) is 30.9. The van der Waals surface area contributed by atoms with Gasteiger partial charge in [-0.25, -0.2) is 0 Å². The summed E-state index contributed by atoms with van der Waals surface area (Å²) < 4.78 is 4.95. The van der Waals surface area contributed by atoms with Crippen molar-refractivity contribution in [2.75, 3.05) is 0 Å². The third-order valence-electron chi connectivity index (χ3n) is 11.8. The normalized spacial score (nSPS) is 13.3. The van der Waals surface area contributed by atoms with Crippen molar-refractivity contribution in [3.8, 4) is 33.6 Å². The van der Waals surface area contributed by atoms with Crippen LogP contribution >= 0.6 is 11.8 Å². The van der Waals surface area contributed by atoms with Crippen LogP contribution in [-0.2, 0) is 6.42 Å². The predicted octanol–water partition coefficient (Wildman–Crippen LogP) is 14.2. The summed E-state index contributed by atoms with van der Waals surface area (Å²) >= 11 is 1.90. The number of aryl methyl sites for hydroxylation is 1. The summed E-state index contributed by atoms with van der Waals surface area (Å²) in [5.41, 5.74) is 16.6. The molecule has 10 aromatic rings. The third-order valence-corrected chi connectivity index (χ3v) is 13.0. The fourth-order valence-electron chi connectivity index (χ4n) is 9.39. The predicted molar refractivity (Wildman–Crippen MR) is 233 cm³/mol. The van der Waals surface area contributed by atoms with Gasteiger partial charge in [0.25, 0.3) is 0 Å². The summed E-state index contributed by atoms with van der Waals surface area (Å²) in [5.74, 6) is 0. The second-order valence-corrected chi connectivity index (χ2v) is 15.9. The zero-order chi connectivity index (χ0) is 36.0. The molecule has 2 aromatic heterocycles. The van der Waals surface area contributed by atoms with Crippen LogP contribution in [0.3, 0.4) is 0 Å². The zero-order valence-electron chi connectivity index (χ0n) is 30.0. The Labute approximate surface area is 323 Å². The number of hydrogen-bond donors (Lipinski definition) is 0. The number of nitrogens with zero attached hydrogens (tertiary/aromatic N) is 2. The van der Waals surface area contributed by atoms with E-state index in [-0.39, 0.29) is 0 Å². The number of rotatable bonds is 4. The first-order valence-electron chi connectivity index (χ1n) is 19.1. The van der Waals surface area contributed by atoms with Crippen molar-refractivity contribution >= 4 is 66.9 Å². The highest BCUT2D eigenvalue weighted by Gasteiger charge is 2.26. The maximum atomic E-state index is 2.48. The minimum atomic E-state index is 0.999. The molecule has 3 heteroatoms. The molecule has 0 amide bonds. The molecule has 2 nitrogen and oxygen atoms in total. The van der Waals surface area contributed by atoms with Crippen molar-refractivity contribution in [2.24, 2.45) is 0 Å². The van der Waals surface area contributed by atoms with Gasteiger partial charge in [-0.05, 0) is 118 Å². The second kappa shape index (κ2) is 12.0. The Hall–Kier alpha value is -6.55. The molecule has 0 spiro atoms. The van der Waals surface area contributed by atoms with Crippen molar-refractivity contribution in [3.05, 3.63) is 193 Å². The fourth-order valence-corrected chi connectivity index (χ4v) is 10.6. The lowest BCUT2D eigenvalue weighted by atomic mass is 9.90. The average Bonchev–Trinajstić information content (AvgIpc) is 3.76. The van der Waals surface area contributed by atoms with Crippen LogP contribution in [0.15, 0.2) is 186 Å². The highest BCUT2D eigenvalue weighted by Crippen LogP contribution is 2.51. The molecule has 0 saturated heterocycles. The molecule has 0 radical (unpaired) electrons. The number of benzene rings is 8. The molecule has 12 rings (SSSR count). The Morgan fingerprint density at radius 3 is 1.95 bits per heavy atom. The van der Waals surface area contributed by atoms with Crippen molar-refractivity contribution in [2.45, 2.75) is 22.6 Å². The average molecular weight is 719 g/mol. The van der Waals surface area contributed by atoms with Gasteiger partial charge in [-0.1, -0.05) is 133 Å². The molecule has 0 saturated carbocycles. The molecule has 1 aliphatic carbocycles. The molecule has 258 valence electrons. The van der Waals surface area contributed by atoms with E-state index >= 15 is 0 Å². The van der Waals surface area contributed by atoms with Gasteiger partial charge in [-0.15, -0.1) is 0 Å². The van der Waals surface area contributed by atoms with Gasteiger partial charge in [-0.2, -0.15) is 0 Å². The lowest BCUT2D eigenvalue weighted by Crippen LogP contribution is -2.03. The smallest absolute Gasteiger partial charge is 0.0558 e. The van der Waals surface area contributed by atoms with Gasteiger partial charge in [0.05, 0.1) is 22.2 Å². The summed E-state index contributed by atoms with van der Waals surface area (Å²) in [6.07, 6.45) is 4.48. The molecule has 0 fully saturated rings. The monoisotopic (exact) mass is 718 g/mol. The van der Waals surface area contributed by atoms with E-state index in [2.05, 4.69) is 191 Å². The lowest BCUT2D eigenvalue weighted by molar-refractivity contribution is 0.981. The lowest BCUT2D eigenvalue weighted by Gasteiger charge is -2.21. The van der Waals surface area contributed by atoms with Crippen LogP contribution in [0.1, 0.15) is 23.2 Å². The molecule has 55 heavy (non-hydrogen) atoms. The summed E-state index contributed by atoms with van der Waals surface area (Å²) in [6.45, 7) is 0. The maximum Gasteiger partial charge on any atom is 0.0558 e. The van der Waals surface area contributed by atoms with Crippen LogP contribution in [0.4, 0.5) is 0 Å². The van der Waals surface area contributed by atoms with Crippen molar-refractivity contribution < 1.29 is 0 Å². The van der Waals surface area contributed by atoms with E-state index in [1.807, 2.05) is 11.8 Å². The van der Waals surface area contributed by atoms with E-state index in [4.69, 9.17) is 0 Å². The van der Waals surface area contributed by atoms with E-state index in [0.717, 1.165) is 12.8 Å². The standard InChI is InChI=1S/C52H34N2S/c1-3-12-33(13-4-1)34-22-26-38(27-23-34)53-45-20-9-7-16-39(45)40-28-24-36(31-47(40)53)35-25-29-46-44(30-35)51-43-19-11-18-42-41-17-8-10-21-49(41)55-50(52(42)43)32-48(51)54(46)37-14-5-2-6-15-37/h1-23,25-27,29-32H,24,28H2. The number of para-hydroxylation sites is 2. The van der Waals surface area contributed by atoms with Gasteiger partial charge in [0, 0.05) is 42.7 Å². The Morgan fingerprint density at radius 2 is 1.07 bits per heavy atom. The second-order valence-electron chi connectivity index (χ2n) is 14.8. The van der Waals surface area contributed by atoms with Gasteiger partial charge in [0.2, 0.25) is 0 Å². The molecule has 3 heterocycles. The van der Waals surface area contributed by atoms with Crippen molar-refractivity contribution in [1.29, 1.82) is 0 Å². The van der Waals surface area contributed by atoms with E-state index < -0.39 is 0 Å². The Morgan fingerprint density at radius 1 is 0.400 bits per heavy atom. The molecule has 0 unspecified atom stereocenters. The molecular formula is C52H34N2S. The molecule has 8 aromatic carbocycles. The highest BCUT2D eigenvalue weighted by atomic mass is 32.2. The summed E-state index contributed by atoms with van der Waals surface area (Å²) in [4.78, 5) is 2.64. The number of hydrogen-bond acceptors (Lipinski definition) is 1. The minimum Gasteiger partial charge on any atom is -0.310 e. The number of fused-ring (bicyclic) bond motifs is 9. The first kappa shape index (κ1) is 30.9. The highest BCUT2D eigenvalue weighted by molar-refractivity contribution is 7.99. The van der Waals surface area contributed by atoms with Gasteiger partial charge < -0.3 is 9.13 Å². The van der Waals surface area contributed by atoms with Gasteiger partial charge in [0.15, 0.2) is 0 Å². The van der Waals surface area contributed by atoms with Crippen LogP contribution in [0.5, 0.6) is 0 Å². The third kappa shape index (κ3) is 4.63. The van der Waals surface area contributed by atoms with Crippen LogP contribution < -0.4 is 0 Å². The van der Waals surface area contributed by atoms with E-state index in [1.165, 1.54) is 109 Å². The minimum absolute atomic E-state index is 0.999. The first-order chi connectivity index (χ1) is 27.3. The Bertz CT molecular complexity index is 3200. The first-order valence-corrected chi connectivity index (χ1v) is 20.0. The fraction of sp³-hybridized carbons (Fsp3) is 0.0385. The van der Waals surface area contributed by atoms with Gasteiger partial charge in [0.1, 0.15) is 0 Å². The molecule has 0 N–H and O–H groups in total. The van der Waals surface area contributed by atoms with Gasteiger partial charge in [-0.3, -0.25) is 0 Å². The SMILES string of the molecule is C1=C(c2ccc3c(c2)c2c4cccc5c4c(cc2n3-c2ccccc2)Sc2ccccc2-5)CCc2c1n(-c1ccc(-c3ccccc3)cc1)c1ccccc21. The van der Waals surface area contributed by atoms with Gasteiger partial charge >= 0.3 is 0 Å². The van der Waals surface area contributed by atoms with Crippen LogP contribution in [0, 0.1) is 0 Å². The van der Waals surface area contributed by atoms with Crippen LogP contribution in [0.2, 0.25) is 0 Å². The Balaban J connectivity index is 1.07. The summed E-state index contributed by atoms with van der Waals surface area (Å²) in [6, 6.07) is 64.9. The van der Waals surface area contributed by atoms with E-state index in [0.29, 0.717) is 0 Å². The van der Waals surface area contributed by atoms with Crippen molar-refractivity contribution in [1.82, 2.24) is 9.13 Å². The molecular weight excluding hydrogens is 685 g/mol. The van der Waals surface area contributed by atoms with Crippen LogP contribution in [-0.4, -0.2) is 9.13 Å². The Kier molecular flexibility index (Phi) is 6.72. The quantitative estimate of drug-likeness (QED) is 0.176.